The van der Waals surface area contributed by atoms with Crippen molar-refractivity contribution in [2.75, 3.05) is 0 Å². The molecule has 14 heteroatoms. The SMILES string of the molecule is O=C([O-])c1ccc(-c2c3nc(c(-c4ccc(C(=O)[O-])cc4)c4ccc([nH]4)c(-c4ccc(C(=O)[O-])cc4)c4ccc([nH]4)c(-c4ccc(C(=O)[O-])cc4)c4nc2C=C4)C=C3)cc1.[Zn+2].[Zn+2]. The summed E-state index contributed by atoms with van der Waals surface area (Å²) >= 11 is 0. The van der Waals surface area contributed by atoms with Crippen LogP contribution in [0.4, 0.5) is 0 Å². The maximum Gasteiger partial charge on any atom is 2.00 e. The van der Waals surface area contributed by atoms with Gasteiger partial charge in [-0.1, -0.05) is 97.1 Å². The third-order valence-corrected chi connectivity index (χ3v) is 10.4. The summed E-state index contributed by atoms with van der Waals surface area (Å²) in [5.74, 6) is -5.30. The number of fused-ring (bicyclic) bond motifs is 8. The molecule has 0 spiro atoms. The fourth-order valence-electron chi connectivity index (χ4n) is 7.51. The quantitative estimate of drug-likeness (QED) is 0.199. The van der Waals surface area contributed by atoms with E-state index in [1.54, 1.807) is 48.5 Å². The Morgan fingerprint density at radius 2 is 0.548 bits per heavy atom. The molecule has 2 N–H and O–H groups in total. The van der Waals surface area contributed by atoms with Crippen LogP contribution in [0, 0.1) is 0 Å². The predicted octanol–water partition coefficient (Wildman–Crippen LogP) is 4.77. The van der Waals surface area contributed by atoms with Crippen LogP contribution in [0.2, 0.25) is 0 Å². The molecule has 0 saturated carbocycles. The Kier molecular flexibility index (Phi) is 11.9. The summed E-state index contributed by atoms with van der Waals surface area (Å²) in [5.41, 5.74) is 9.58. The van der Waals surface area contributed by atoms with Crippen molar-refractivity contribution in [1.82, 2.24) is 19.9 Å². The first kappa shape index (κ1) is 42.7. The molecule has 0 fully saturated rings. The van der Waals surface area contributed by atoms with E-state index in [-0.39, 0.29) is 61.2 Å². The van der Waals surface area contributed by atoms with Gasteiger partial charge in [0.1, 0.15) is 0 Å². The maximum atomic E-state index is 11.7. The molecule has 8 bridgehead atoms. The third-order valence-electron chi connectivity index (χ3n) is 10.4. The molecule has 0 saturated heterocycles. The third kappa shape index (κ3) is 7.97. The molecule has 9 rings (SSSR count). The number of carbonyl (C=O) groups is 4. The second kappa shape index (κ2) is 17.3. The molecule has 290 valence electrons. The molecule has 0 aliphatic carbocycles. The van der Waals surface area contributed by atoms with E-state index in [1.165, 1.54) is 48.5 Å². The Bertz CT molecular complexity index is 3030. The van der Waals surface area contributed by atoms with Gasteiger partial charge in [-0.3, -0.25) is 0 Å². The number of aromatic amines is 2. The molecule has 2 aliphatic rings. The van der Waals surface area contributed by atoms with E-state index >= 15 is 0 Å². The van der Waals surface area contributed by atoms with Crippen molar-refractivity contribution in [2.45, 2.75) is 0 Å². The molecule has 12 nitrogen and oxygen atoms in total. The number of rotatable bonds is 8. The summed E-state index contributed by atoms with van der Waals surface area (Å²) < 4.78 is 0. The number of carboxylic acids is 4. The van der Waals surface area contributed by atoms with Gasteiger partial charge < -0.3 is 49.6 Å². The molecule has 0 amide bonds. The number of carboxylic acid groups (broad SMARTS) is 4. The summed E-state index contributed by atoms with van der Waals surface area (Å²) in [5, 5.41) is 46.8. The van der Waals surface area contributed by atoms with Crippen LogP contribution in [0.15, 0.2) is 121 Å². The van der Waals surface area contributed by atoms with E-state index in [0.717, 1.165) is 0 Å². The van der Waals surface area contributed by atoms with Crippen LogP contribution < -0.4 is 20.4 Å². The van der Waals surface area contributed by atoms with Crippen LogP contribution >= 0.6 is 0 Å². The second-order valence-corrected chi connectivity index (χ2v) is 14.0. The van der Waals surface area contributed by atoms with E-state index in [1.807, 2.05) is 48.6 Å². The molecule has 3 aromatic heterocycles. The average Bonchev–Trinajstić information content (AvgIpc) is 4.10. The number of H-pyrrole nitrogens is 2. The largest absolute Gasteiger partial charge is 2.00 e. The van der Waals surface area contributed by atoms with E-state index in [2.05, 4.69) is 9.97 Å². The maximum absolute atomic E-state index is 11.7. The van der Waals surface area contributed by atoms with Crippen LogP contribution in [0.1, 0.15) is 64.2 Å². The van der Waals surface area contributed by atoms with Crippen LogP contribution in [0.3, 0.4) is 0 Å². The first-order valence-corrected chi connectivity index (χ1v) is 18.5. The van der Waals surface area contributed by atoms with Crippen molar-refractivity contribution >= 4 is 70.2 Å². The van der Waals surface area contributed by atoms with Crippen molar-refractivity contribution in [2.24, 2.45) is 0 Å². The minimum Gasteiger partial charge on any atom is -0.545 e. The summed E-state index contributed by atoms with van der Waals surface area (Å²) in [6.07, 6.45) is 7.29. The van der Waals surface area contributed by atoms with Crippen LogP contribution in [0.5, 0.6) is 0 Å². The van der Waals surface area contributed by atoms with Gasteiger partial charge in [0.15, 0.2) is 0 Å². The normalized spacial score (nSPS) is 11.4. The zero-order chi connectivity index (χ0) is 41.7. The Hall–Kier alpha value is -7.39. The van der Waals surface area contributed by atoms with Crippen LogP contribution in [-0.2, 0) is 39.0 Å². The number of carbonyl (C=O) groups excluding carboxylic acids is 4. The number of benzene rings is 4. The summed E-state index contributed by atoms with van der Waals surface area (Å²) in [6.45, 7) is 0. The van der Waals surface area contributed by atoms with Gasteiger partial charge in [0.25, 0.3) is 0 Å². The first-order valence-electron chi connectivity index (χ1n) is 18.5. The molecular formula is C48H26N4O8Zn2. The molecule has 62 heavy (non-hydrogen) atoms. The van der Waals surface area contributed by atoms with Gasteiger partial charge in [-0.15, -0.1) is 0 Å². The molecule has 2 aliphatic heterocycles. The summed E-state index contributed by atoms with van der Waals surface area (Å²) in [6, 6.07) is 32.4. The van der Waals surface area contributed by atoms with Gasteiger partial charge in [-0.05, 0) is 93.1 Å². The van der Waals surface area contributed by atoms with Gasteiger partial charge in [-0.2, -0.15) is 0 Å². The fraction of sp³-hybridized carbons (Fsp3) is 0. The average molecular weight is 918 g/mol. The molecule has 0 atom stereocenters. The Morgan fingerprint density at radius 3 is 0.823 bits per heavy atom. The molecule has 7 aromatic rings. The van der Waals surface area contributed by atoms with Crippen molar-refractivity contribution < 1.29 is 78.6 Å². The van der Waals surface area contributed by atoms with Gasteiger partial charge in [0.05, 0.1) is 46.7 Å². The smallest absolute Gasteiger partial charge is 0.545 e. The van der Waals surface area contributed by atoms with Gasteiger partial charge >= 0.3 is 39.0 Å². The zero-order valence-electron chi connectivity index (χ0n) is 32.4. The second-order valence-electron chi connectivity index (χ2n) is 14.0. The molecule has 0 unspecified atom stereocenters. The summed E-state index contributed by atoms with van der Waals surface area (Å²) in [7, 11) is 0. The summed E-state index contributed by atoms with van der Waals surface area (Å²) in [4.78, 5) is 64.2. The first-order chi connectivity index (χ1) is 29.0. The van der Waals surface area contributed by atoms with Crippen molar-refractivity contribution in [1.29, 1.82) is 0 Å². The van der Waals surface area contributed by atoms with Crippen LogP contribution in [0.25, 0.3) is 90.9 Å². The molecule has 5 heterocycles. The molecule has 4 aromatic carbocycles. The van der Waals surface area contributed by atoms with Crippen molar-refractivity contribution in [3.05, 3.63) is 166 Å². The number of hydrogen-bond acceptors (Lipinski definition) is 10. The van der Waals surface area contributed by atoms with E-state index in [9.17, 15) is 39.6 Å². The fourth-order valence-corrected chi connectivity index (χ4v) is 7.51. The van der Waals surface area contributed by atoms with Gasteiger partial charge in [0.2, 0.25) is 0 Å². The monoisotopic (exact) mass is 914 g/mol. The molecule has 0 radical (unpaired) electrons. The molecular weight excluding hydrogens is 891 g/mol. The Balaban J connectivity index is 0.00000289. The van der Waals surface area contributed by atoms with E-state index in [4.69, 9.17) is 9.97 Å². The Labute approximate surface area is 377 Å². The number of aromatic carboxylic acids is 4. The van der Waals surface area contributed by atoms with E-state index < -0.39 is 23.9 Å². The minimum absolute atomic E-state index is 0. The van der Waals surface area contributed by atoms with Gasteiger partial charge in [0, 0.05) is 44.3 Å². The zero-order valence-corrected chi connectivity index (χ0v) is 38.4. The van der Waals surface area contributed by atoms with E-state index in [0.29, 0.717) is 89.4 Å². The Morgan fingerprint density at radius 1 is 0.323 bits per heavy atom. The van der Waals surface area contributed by atoms with Crippen LogP contribution in [-0.4, -0.2) is 43.8 Å². The van der Waals surface area contributed by atoms with Crippen molar-refractivity contribution in [3.8, 4) is 44.5 Å². The number of aromatic nitrogens is 4. The predicted molar refractivity (Wildman–Crippen MR) is 218 cm³/mol. The van der Waals surface area contributed by atoms with Crippen molar-refractivity contribution in [3.63, 3.8) is 0 Å². The minimum atomic E-state index is -1.33. The number of nitrogens with zero attached hydrogens (tertiary/aromatic N) is 2. The number of hydrogen-bond donors (Lipinski definition) is 2. The standard InChI is InChI=1S/C48H30N4O8.2Zn/c53-45(54)29-9-1-25(2-10-29)41-33-17-19-35(49-33)42(26-3-11-30(12-4-26)46(55)56)37-21-23-39(51-37)44(28-7-15-32(16-8-28)48(59)60)40-24-22-38(52-40)43(36-20-18-34(41)50-36)27-5-13-31(14-6-27)47(57)58;;/h1-24,49-50H,(H,53,54)(H,55,56)(H,57,58)(H,59,60);;/q;2*+2/p-4. The van der Waals surface area contributed by atoms with Gasteiger partial charge in [-0.25, -0.2) is 9.97 Å². The topological polar surface area (TPSA) is 218 Å². The number of nitrogens with one attached hydrogen (secondary N) is 2.